The Bertz CT molecular complexity index is 429. The summed E-state index contributed by atoms with van der Waals surface area (Å²) in [5.74, 6) is 0. The SMILES string of the molecule is [CH]1N(C2CCCCC2)c2ccccc2N1C1CCCCC1. The average Bonchev–Trinajstić information content (AvgIpc) is 2.96. The molecule has 2 heteroatoms. The van der Waals surface area contributed by atoms with E-state index in [4.69, 9.17) is 0 Å². The third-order valence-electron chi connectivity index (χ3n) is 5.62. The van der Waals surface area contributed by atoms with Crippen LogP contribution in [0, 0.1) is 6.67 Å². The number of para-hydroxylation sites is 2. The minimum Gasteiger partial charge on any atom is -0.343 e. The van der Waals surface area contributed by atoms with E-state index in [0.717, 1.165) is 12.1 Å². The lowest BCUT2D eigenvalue weighted by Crippen LogP contribution is -2.40. The van der Waals surface area contributed by atoms with E-state index in [2.05, 4.69) is 40.7 Å². The van der Waals surface area contributed by atoms with Gasteiger partial charge in [-0.05, 0) is 37.8 Å². The highest BCUT2D eigenvalue weighted by molar-refractivity contribution is 5.79. The number of rotatable bonds is 2. The van der Waals surface area contributed by atoms with Gasteiger partial charge in [0, 0.05) is 12.1 Å². The summed E-state index contributed by atoms with van der Waals surface area (Å²) >= 11 is 0. The molecule has 1 aromatic carbocycles. The molecule has 0 unspecified atom stereocenters. The summed E-state index contributed by atoms with van der Waals surface area (Å²) in [4.78, 5) is 5.20. The second-order valence-electron chi connectivity index (χ2n) is 7.00. The number of benzene rings is 1. The summed E-state index contributed by atoms with van der Waals surface area (Å²) < 4.78 is 0. The number of hydrogen-bond acceptors (Lipinski definition) is 2. The largest absolute Gasteiger partial charge is 0.343 e. The van der Waals surface area contributed by atoms with Gasteiger partial charge in [-0.1, -0.05) is 50.7 Å². The topological polar surface area (TPSA) is 6.48 Å². The normalized spacial score (nSPS) is 24.4. The summed E-state index contributed by atoms with van der Waals surface area (Å²) in [6.45, 7) is 2.46. The van der Waals surface area contributed by atoms with Gasteiger partial charge in [-0.25, -0.2) is 0 Å². The van der Waals surface area contributed by atoms with Crippen molar-refractivity contribution in [2.75, 3.05) is 9.80 Å². The smallest absolute Gasteiger partial charge is 0.142 e. The van der Waals surface area contributed by atoms with E-state index in [1.807, 2.05) is 0 Å². The lowest BCUT2D eigenvalue weighted by atomic mass is 9.94. The summed E-state index contributed by atoms with van der Waals surface area (Å²) in [5.41, 5.74) is 2.91. The molecule has 0 spiro atoms. The van der Waals surface area contributed by atoms with Gasteiger partial charge in [0.2, 0.25) is 0 Å². The van der Waals surface area contributed by atoms with Crippen LogP contribution in [0.5, 0.6) is 0 Å². The molecular weight excluding hydrogens is 256 g/mol. The van der Waals surface area contributed by atoms with Gasteiger partial charge in [0.05, 0.1) is 11.4 Å². The van der Waals surface area contributed by atoms with Gasteiger partial charge in [-0.15, -0.1) is 0 Å². The van der Waals surface area contributed by atoms with Crippen LogP contribution in [0.25, 0.3) is 0 Å². The first kappa shape index (κ1) is 13.5. The maximum Gasteiger partial charge on any atom is 0.142 e. The quantitative estimate of drug-likeness (QED) is 0.745. The number of anilines is 2. The maximum atomic E-state index is 2.60. The molecule has 0 atom stereocenters. The van der Waals surface area contributed by atoms with E-state index in [1.165, 1.54) is 75.6 Å². The van der Waals surface area contributed by atoms with E-state index in [-0.39, 0.29) is 0 Å². The lowest BCUT2D eigenvalue weighted by molar-refractivity contribution is 0.409. The fourth-order valence-corrected chi connectivity index (χ4v) is 4.46. The zero-order valence-corrected chi connectivity index (χ0v) is 13.0. The van der Waals surface area contributed by atoms with Crippen molar-refractivity contribution in [2.24, 2.45) is 0 Å². The van der Waals surface area contributed by atoms with E-state index in [1.54, 1.807) is 0 Å². The second kappa shape index (κ2) is 5.90. The van der Waals surface area contributed by atoms with Crippen LogP contribution < -0.4 is 9.80 Å². The first-order valence-corrected chi connectivity index (χ1v) is 8.94. The van der Waals surface area contributed by atoms with Crippen LogP contribution in [0.1, 0.15) is 64.2 Å². The van der Waals surface area contributed by atoms with E-state index in [9.17, 15) is 0 Å². The Balaban J connectivity index is 1.59. The molecule has 2 nitrogen and oxygen atoms in total. The summed E-state index contributed by atoms with van der Waals surface area (Å²) in [6, 6.07) is 10.5. The van der Waals surface area contributed by atoms with Crippen molar-refractivity contribution in [2.45, 2.75) is 76.3 Å². The summed E-state index contributed by atoms with van der Waals surface area (Å²) in [5, 5.41) is 0. The van der Waals surface area contributed by atoms with Crippen molar-refractivity contribution in [3.8, 4) is 0 Å². The predicted octanol–water partition coefficient (Wildman–Crippen LogP) is 5.10. The minimum atomic E-state index is 0.730. The fourth-order valence-electron chi connectivity index (χ4n) is 4.46. The Morgan fingerprint density at radius 1 is 0.619 bits per heavy atom. The summed E-state index contributed by atoms with van der Waals surface area (Å²) in [6.07, 6.45) is 13.9. The van der Waals surface area contributed by atoms with E-state index >= 15 is 0 Å². The van der Waals surface area contributed by atoms with Crippen LogP contribution in [0.2, 0.25) is 0 Å². The third-order valence-corrected chi connectivity index (χ3v) is 5.62. The van der Waals surface area contributed by atoms with Crippen LogP contribution in [-0.2, 0) is 0 Å². The van der Waals surface area contributed by atoms with Gasteiger partial charge in [-0.3, -0.25) is 0 Å². The first-order valence-electron chi connectivity index (χ1n) is 8.94. The Hall–Kier alpha value is -1.18. The molecule has 2 fully saturated rings. The van der Waals surface area contributed by atoms with Gasteiger partial charge in [0.25, 0.3) is 0 Å². The van der Waals surface area contributed by atoms with Crippen LogP contribution in [0.4, 0.5) is 11.4 Å². The van der Waals surface area contributed by atoms with Crippen LogP contribution in [0.15, 0.2) is 24.3 Å². The molecule has 2 aliphatic carbocycles. The molecule has 0 saturated heterocycles. The Labute approximate surface area is 129 Å². The molecule has 0 bridgehead atoms. The van der Waals surface area contributed by atoms with Crippen molar-refractivity contribution < 1.29 is 0 Å². The van der Waals surface area contributed by atoms with Crippen molar-refractivity contribution >= 4 is 11.4 Å². The molecule has 0 aromatic heterocycles. The summed E-state index contributed by atoms with van der Waals surface area (Å²) in [7, 11) is 0. The molecule has 113 valence electrons. The van der Waals surface area contributed by atoms with Gasteiger partial charge in [0.15, 0.2) is 0 Å². The van der Waals surface area contributed by atoms with Gasteiger partial charge in [0.1, 0.15) is 6.67 Å². The molecular formula is C19H27N2. The van der Waals surface area contributed by atoms with Gasteiger partial charge in [-0.2, -0.15) is 0 Å². The van der Waals surface area contributed by atoms with Crippen molar-refractivity contribution in [3.05, 3.63) is 30.9 Å². The molecule has 1 heterocycles. The highest BCUT2D eigenvalue weighted by Gasteiger charge is 2.35. The van der Waals surface area contributed by atoms with Crippen LogP contribution >= 0.6 is 0 Å². The first-order chi connectivity index (χ1) is 10.4. The third kappa shape index (κ3) is 2.54. The molecule has 0 amide bonds. The Morgan fingerprint density at radius 2 is 1.05 bits per heavy atom. The number of nitrogens with zero attached hydrogens (tertiary/aromatic N) is 2. The van der Waals surface area contributed by atoms with Gasteiger partial charge < -0.3 is 9.80 Å². The zero-order valence-electron chi connectivity index (χ0n) is 13.0. The monoisotopic (exact) mass is 283 g/mol. The predicted molar refractivity (Wildman–Crippen MR) is 89.4 cm³/mol. The lowest BCUT2D eigenvalue weighted by Gasteiger charge is -2.35. The number of fused-ring (bicyclic) bond motifs is 1. The molecule has 3 aliphatic rings. The molecule has 4 rings (SSSR count). The molecule has 2 saturated carbocycles. The highest BCUT2D eigenvalue weighted by atomic mass is 15.4. The second-order valence-corrected chi connectivity index (χ2v) is 7.00. The van der Waals surface area contributed by atoms with Crippen LogP contribution in [-0.4, -0.2) is 12.1 Å². The van der Waals surface area contributed by atoms with Crippen LogP contribution in [0.3, 0.4) is 0 Å². The number of hydrogen-bond donors (Lipinski definition) is 0. The zero-order chi connectivity index (χ0) is 14.1. The Morgan fingerprint density at radius 3 is 1.48 bits per heavy atom. The van der Waals surface area contributed by atoms with E-state index in [0.29, 0.717) is 0 Å². The minimum absolute atomic E-state index is 0.730. The van der Waals surface area contributed by atoms with E-state index < -0.39 is 0 Å². The van der Waals surface area contributed by atoms with Crippen molar-refractivity contribution in [1.82, 2.24) is 0 Å². The fraction of sp³-hybridized carbons (Fsp3) is 0.632. The highest BCUT2D eigenvalue weighted by Crippen LogP contribution is 2.44. The average molecular weight is 283 g/mol. The van der Waals surface area contributed by atoms with Gasteiger partial charge >= 0.3 is 0 Å². The Kier molecular flexibility index (Phi) is 3.79. The molecule has 1 radical (unpaired) electrons. The standard InChI is InChI=1S/C19H27N2/c1-3-9-16(10-4-1)20-15-21(17-11-5-2-6-12-17)19-14-8-7-13-18(19)20/h7-8,13-17H,1-6,9-12H2. The molecule has 1 aliphatic heterocycles. The molecule has 1 aromatic rings. The van der Waals surface area contributed by atoms with Crippen molar-refractivity contribution in [1.29, 1.82) is 0 Å². The molecule has 0 N–H and O–H groups in total. The molecule has 21 heavy (non-hydrogen) atoms. The van der Waals surface area contributed by atoms with Crippen molar-refractivity contribution in [3.63, 3.8) is 0 Å². The maximum absolute atomic E-state index is 2.60.